The molecule has 0 aromatic rings. The summed E-state index contributed by atoms with van der Waals surface area (Å²) in [6.07, 6.45) is 14.6. The van der Waals surface area contributed by atoms with Gasteiger partial charge in [-0.25, -0.2) is 4.79 Å². The van der Waals surface area contributed by atoms with E-state index in [1.165, 1.54) is 10.5 Å². The number of aliphatic hydroxyl groups is 4. The van der Waals surface area contributed by atoms with E-state index in [0.717, 1.165) is 67.9 Å². The molecule has 2 amide bonds. The lowest BCUT2D eigenvalue weighted by Gasteiger charge is -2.62. The second kappa shape index (κ2) is 19.5. The van der Waals surface area contributed by atoms with Crippen molar-refractivity contribution in [2.24, 2.45) is 52.3 Å². The highest BCUT2D eigenvalue weighted by molar-refractivity contribution is 8.01. The van der Waals surface area contributed by atoms with Gasteiger partial charge in [-0.05, 0) is 141 Å². The molecular formula is C57H77NO13S. The smallest absolute Gasteiger partial charge is 0.334 e. The molecule has 7 aliphatic carbocycles. The average Bonchev–Trinajstić information content (AvgIpc) is 4.21. The van der Waals surface area contributed by atoms with E-state index >= 15 is 0 Å². The summed E-state index contributed by atoms with van der Waals surface area (Å²) in [6, 6.07) is 0. The molecule has 16 atom stereocenters. The van der Waals surface area contributed by atoms with E-state index < -0.39 is 76.2 Å². The summed E-state index contributed by atoms with van der Waals surface area (Å²) in [6.45, 7) is 14.9. The minimum atomic E-state index is -1.54. The molecule has 10 aliphatic rings. The number of epoxide rings is 1. The van der Waals surface area contributed by atoms with E-state index in [-0.39, 0.29) is 91.7 Å². The summed E-state index contributed by atoms with van der Waals surface area (Å²) in [7, 11) is 0. The van der Waals surface area contributed by atoms with Gasteiger partial charge in [0.05, 0.1) is 35.4 Å². The van der Waals surface area contributed by atoms with Gasteiger partial charge < -0.3 is 39.4 Å². The topological polar surface area (TPSA) is 210 Å². The Kier molecular flexibility index (Phi) is 14.1. The third-order valence-electron chi connectivity index (χ3n) is 19.9. The molecule has 8 fully saturated rings. The first-order valence-corrected chi connectivity index (χ1v) is 28.2. The van der Waals surface area contributed by atoms with Crippen LogP contribution in [-0.2, 0) is 42.9 Å². The van der Waals surface area contributed by atoms with E-state index in [4.69, 9.17) is 18.9 Å². The molecule has 4 unspecified atom stereocenters. The van der Waals surface area contributed by atoms with Crippen molar-refractivity contribution in [1.29, 1.82) is 0 Å². The monoisotopic (exact) mass is 1020 g/mol. The van der Waals surface area contributed by atoms with Crippen LogP contribution in [0.5, 0.6) is 0 Å². The summed E-state index contributed by atoms with van der Waals surface area (Å²) in [5.74, 6) is -1.45. The maximum atomic E-state index is 13.7. The Balaban J connectivity index is 0.706. The van der Waals surface area contributed by atoms with Gasteiger partial charge in [-0.3, -0.25) is 24.1 Å². The van der Waals surface area contributed by atoms with Crippen LogP contribution in [-0.4, -0.2) is 127 Å². The van der Waals surface area contributed by atoms with Gasteiger partial charge in [0.25, 0.3) is 0 Å². The molecule has 3 aliphatic heterocycles. The fourth-order valence-electron chi connectivity index (χ4n) is 15.8. The average molecular weight is 1020 g/mol. The van der Waals surface area contributed by atoms with Crippen LogP contribution in [0.15, 0.2) is 58.7 Å². The zero-order valence-electron chi connectivity index (χ0n) is 42.9. The number of rotatable bonds is 15. The summed E-state index contributed by atoms with van der Waals surface area (Å²) >= 11 is 1.12. The first kappa shape index (κ1) is 51.9. The first-order valence-electron chi connectivity index (χ1n) is 27.2. The molecule has 0 bridgehead atoms. The lowest BCUT2D eigenvalue weighted by molar-refractivity contribution is -0.254. The number of carbonyl (C=O) groups is 5. The molecule has 14 nitrogen and oxygen atoms in total. The van der Waals surface area contributed by atoms with Crippen LogP contribution in [0.3, 0.4) is 0 Å². The van der Waals surface area contributed by atoms with E-state index in [0.29, 0.717) is 55.1 Å². The number of hydrogen-bond donors (Lipinski definition) is 4. The summed E-state index contributed by atoms with van der Waals surface area (Å²) < 4.78 is 24.3. The van der Waals surface area contributed by atoms with E-state index in [2.05, 4.69) is 44.7 Å². The zero-order valence-corrected chi connectivity index (χ0v) is 43.7. The molecule has 2 saturated heterocycles. The lowest BCUT2D eigenvalue weighted by Crippen LogP contribution is -2.74. The van der Waals surface area contributed by atoms with Crippen molar-refractivity contribution in [3.8, 4) is 0 Å². The number of hydrogen-bond acceptors (Lipinski definition) is 14. The lowest BCUT2D eigenvalue weighted by atomic mass is 9.44. The van der Waals surface area contributed by atoms with E-state index in [1.807, 2.05) is 20.8 Å². The number of likely N-dealkylation sites (tertiary alicyclic amines) is 1. The van der Waals surface area contributed by atoms with E-state index in [1.54, 1.807) is 0 Å². The summed E-state index contributed by atoms with van der Waals surface area (Å²) in [4.78, 5) is 67.5. The van der Waals surface area contributed by atoms with Crippen LogP contribution in [0.25, 0.3) is 0 Å². The van der Waals surface area contributed by atoms with Crippen molar-refractivity contribution in [2.75, 3.05) is 18.9 Å². The predicted octanol–water partition coefficient (Wildman–Crippen LogP) is 6.77. The normalized spacial score (nSPS) is 42.3. The van der Waals surface area contributed by atoms with Crippen LogP contribution in [0.2, 0.25) is 0 Å². The molecule has 6 saturated carbocycles. The van der Waals surface area contributed by atoms with Crippen molar-refractivity contribution >= 4 is 41.5 Å². The number of carbonyl (C=O) groups excluding carboxylic acids is 5. The van der Waals surface area contributed by atoms with Gasteiger partial charge in [-0.1, -0.05) is 65.0 Å². The number of cyclic esters (lactones) is 1. The second-order valence-corrected chi connectivity index (χ2v) is 25.4. The summed E-state index contributed by atoms with van der Waals surface area (Å²) in [5.41, 5.74) is 1.27. The second-order valence-electron chi connectivity index (χ2n) is 24.2. The van der Waals surface area contributed by atoms with Crippen LogP contribution < -0.4 is 0 Å². The minimum absolute atomic E-state index is 0.0106. The minimum Gasteiger partial charge on any atom is -0.459 e. The maximum Gasteiger partial charge on any atom is 0.334 e. The molecule has 394 valence electrons. The van der Waals surface area contributed by atoms with Crippen LogP contribution in [0.1, 0.15) is 137 Å². The Labute approximate surface area is 428 Å². The van der Waals surface area contributed by atoms with Gasteiger partial charge in [0, 0.05) is 49.1 Å². The molecule has 0 aromatic carbocycles. The predicted molar refractivity (Wildman–Crippen MR) is 267 cm³/mol. The van der Waals surface area contributed by atoms with Gasteiger partial charge in [0.2, 0.25) is 11.8 Å². The number of thioether (sulfide) groups is 1. The van der Waals surface area contributed by atoms with Gasteiger partial charge in [-0.15, -0.1) is 11.8 Å². The highest BCUT2D eigenvalue weighted by Crippen LogP contribution is 2.73. The molecule has 4 N–H and O–H groups in total. The molecular weight excluding hydrogens is 939 g/mol. The molecule has 1 spiro atoms. The third-order valence-corrected chi connectivity index (χ3v) is 21.1. The Morgan fingerprint density at radius 2 is 1.74 bits per heavy atom. The number of allylic oxidation sites excluding steroid dienone is 4. The Hall–Kier alpha value is -3.60. The third kappa shape index (κ3) is 8.82. The molecule has 3 heterocycles. The van der Waals surface area contributed by atoms with Crippen molar-refractivity contribution < 1.29 is 63.3 Å². The maximum absolute atomic E-state index is 13.7. The number of ether oxygens (including phenoxy) is 4. The quantitative estimate of drug-likeness (QED) is 0.0439. The zero-order chi connectivity index (χ0) is 51.2. The number of esters is 3. The van der Waals surface area contributed by atoms with Crippen LogP contribution >= 0.6 is 11.8 Å². The van der Waals surface area contributed by atoms with Crippen molar-refractivity contribution in [1.82, 2.24) is 4.90 Å². The highest BCUT2D eigenvalue weighted by Gasteiger charge is 2.85. The first-order chi connectivity index (χ1) is 34.2. The largest absolute Gasteiger partial charge is 0.459 e. The van der Waals surface area contributed by atoms with Crippen molar-refractivity contribution in [2.45, 2.75) is 190 Å². The fourth-order valence-corrected chi connectivity index (χ4v) is 16.7. The van der Waals surface area contributed by atoms with E-state index in [9.17, 15) is 44.4 Å². The van der Waals surface area contributed by atoms with Gasteiger partial charge in [0.15, 0.2) is 5.60 Å². The number of nitrogens with zero attached hydrogens (tertiary/aromatic N) is 1. The van der Waals surface area contributed by atoms with Gasteiger partial charge in [-0.2, -0.15) is 0 Å². The van der Waals surface area contributed by atoms with Crippen molar-refractivity contribution in [3.63, 3.8) is 0 Å². The summed E-state index contributed by atoms with van der Waals surface area (Å²) in [5, 5.41) is 44.5. The fraction of sp³-hybridized carbons (Fsp3) is 0.737. The van der Waals surface area contributed by atoms with Crippen molar-refractivity contribution in [3.05, 3.63) is 58.7 Å². The van der Waals surface area contributed by atoms with Crippen LogP contribution in [0, 0.1) is 52.3 Å². The van der Waals surface area contributed by atoms with Gasteiger partial charge in [0.1, 0.15) is 24.4 Å². The number of aliphatic hydroxyl groups excluding tert-OH is 3. The molecule has 10 rings (SSSR count). The highest BCUT2D eigenvalue weighted by atomic mass is 32.2. The number of amides is 2. The number of fused-ring (bicyclic) bond motifs is 4. The van der Waals surface area contributed by atoms with Crippen LogP contribution in [0.4, 0.5) is 0 Å². The Morgan fingerprint density at radius 1 is 0.958 bits per heavy atom. The van der Waals surface area contributed by atoms with Gasteiger partial charge >= 0.3 is 17.9 Å². The Bertz CT molecular complexity index is 2370. The standard InChI is InChI=1S/C57H77NO13S/c1-30(2)50-43(61)27-56(67)55(6)21-19-37-38(28-68-53(37)66)41(55)25-46-57(56,71-46)51(50)70-48(63)10-8-22-58-47(62)26-45(52(58)65)72-29-49(64)69-44(34-13-14-34)18-11-31(3)39-16-17-40-33(9-7-20-54(39,40)5)12-15-35-23-36(59)24-42(60)32(35)4/h11-12,15,18,30-31,34,36,39-46,50-51,59-61,67H,4,7-10,13-14,16-17,19-29H2,1-3,5-6H3/b18-11+,33-12+,35-15-/t31-,36+,39?,40?,41-,42-,43-,44?,45?,46-,50+,51+,54+,55-,56+,57+/m0/s1. The number of imide groups is 1. The SMILES string of the molecule is C=C1/C(=C\C=C2/CCC[C@@]3(C)C2CCC3[C@@H](C)/C=C/C(OC(=O)CSC2CC(=O)N(CCCC(=O)O[C@@H]3[C@H](C(C)C)[C@@H](O)C[C@]4(O)[C@]35O[C@H]5C[C@H]3C5=C(CC[C@@]34C)C(=O)OC5)C2=O)C2CC2)C[C@@H](O)C[C@@H]1O. The molecule has 15 heteroatoms. The Morgan fingerprint density at radius 3 is 2.49 bits per heavy atom. The molecule has 0 aromatic heterocycles. The molecule has 0 radical (unpaired) electrons. The molecule has 72 heavy (non-hydrogen) atoms.